The van der Waals surface area contributed by atoms with Gasteiger partial charge in [-0.3, -0.25) is 0 Å². The van der Waals surface area contributed by atoms with Crippen LogP contribution in [0.3, 0.4) is 0 Å². The molecule has 0 fully saturated rings. The van der Waals surface area contributed by atoms with Gasteiger partial charge in [0.1, 0.15) is 0 Å². The molecule has 2 nitrogen and oxygen atoms in total. The summed E-state index contributed by atoms with van der Waals surface area (Å²) >= 11 is 3.52. The monoisotopic (exact) mass is 327 g/mol. The van der Waals surface area contributed by atoms with E-state index < -0.39 is 0 Å². The number of nitrogens with one attached hydrogen (secondary N) is 1. The Hall–Kier alpha value is -0.540. The molecule has 0 saturated heterocycles. The van der Waals surface area contributed by atoms with Gasteiger partial charge in [0, 0.05) is 23.3 Å². The Balaban J connectivity index is 1.90. The summed E-state index contributed by atoms with van der Waals surface area (Å²) in [6.45, 7) is 4.78. The van der Waals surface area contributed by atoms with Crippen LogP contribution in [-0.2, 0) is 4.74 Å². The molecular formula is C16H26BrNO. The normalized spacial score (nSPS) is 10.6. The Bertz CT molecular complexity index is 330. The Kier molecular flexibility index (Phi) is 9.82. The second kappa shape index (κ2) is 11.3. The zero-order chi connectivity index (χ0) is 13.8. The zero-order valence-corrected chi connectivity index (χ0v) is 13.5. The smallest absolute Gasteiger partial charge is 0.0639 e. The van der Waals surface area contributed by atoms with Gasteiger partial charge in [0.15, 0.2) is 0 Å². The number of benzene rings is 1. The van der Waals surface area contributed by atoms with Crippen LogP contribution in [0.1, 0.15) is 45.4 Å². The first-order chi connectivity index (χ1) is 9.34. The third kappa shape index (κ3) is 8.27. The molecule has 0 radical (unpaired) electrons. The molecule has 0 heterocycles. The van der Waals surface area contributed by atoms with E-state index in [1.54, 1.807) is 0 Å². The largest absolute Gasteiger partial charge is 0.382 e. The molecule has 3 heteroatoms. The van der Waals surface area contributed by atoms with Crippen LogP contribution in [0.4, 0.5) is 5.69 Å². The van der Waals surface area contributed by atoms with Crippen molar-refractivity contribution in [1.82, 2.24) is 0 Å². The molecule has 1 N–H and O–H groups in total. The Morgan fingerprint density at radius 1 is 1.00 bits per heavy atom. The highest BCUT2D eigenvalue weighted by atomic mass is 79.9. The molecule has 0 spiro atoms. The van der Waals surface area contributed by atoms with Gasteiger partial charge in [-0.2, -0.15) is 0 Å². The zero-order valence-electron chi connectivity index (χ0n) is 12.0. The molecule has 0 amide bonds. The first-order valence-corrected chi connectivity index (χ1v) is 8.20. The van der Waals surface area contributed by atoms with Crippen LogP contribution in [0.5, 0.6) is 0 Å². The molecule has 0 aliphatic carbocycles. The number of rotatable bonds is 11. The van der Waals surface area contributed by atoms with Crippen molar-refractivity contribution >= 4 is 21.6 Å². The van der Waals surface area contributed by atoms with Crippen molar-refractivity contribution in [3.05, 3.63) is 28.7 Å². The predicted molar refractivity (Wildman–Crippen MR) is 86.8 cm³/mol. The SMILES string of the molecule is CCCCCCCCOCCNc1ccccc1Br. The number of halogens is 1. The van der Waals surface area contributed by atoms with E-state index in [2.05, 4.69) is 34.2 Å². The van der Waals surface area contributed by atoms with E-state index in [1.807, 2.05) is 18.2 Å². The minimum Gasteiger partial charge on any atom is -0.382 e. The van der Waals surface area contributed by atoms with E-state index >= 15 is 0 Å². The van der Waals surface area contributed by atoms with Gasteiger partial charge in [-0.25, -0.2) is 0 Å². The lowest BCUT2D eigenvalue weighted by atomic mass is 10.1. The van der Waals surface area contributed by atoms with Crippen LogP contribution in [0, 0.1) is 0 Å². The second-order valence-corrected chi connectivity index (χ2v) is 5.64. The van der Waals surface area contributed by atoms with Crippen LogP contribution < -0.4 is 5.32 Å². The average molecular weight is 328 g/mol. The van der Waals surface area contributed by atoms with Gasteiger partial charge in [0.25, 0.3) is 0 Å². The summed E-state index contributed by atoms with van der Waals surface area (Å²) in [5, 5.41) is 3.36. The molecule has 0 aliphatic rings. The summed E-state index contributed by atoms with van der Waals surface area (Å²) in [4.78, 5) is 0. The number of anilines is 1. The van der Waals surface area contributed by atoms with E-state index in [4.69, 9.17) is 4.74 Å². The minimum atomic E-state index is 0.774. The molecule has 1 aromatic carbocycles. The predicted octanol–water partition coefficient (Wildman–Crippen LogP) is 5.24. The highest BCUT2D eigenvalue weighted by Gasteiger charge is 1.96. The Labute approximate surface area is 126 Å². The number of hydrogen-bond donors (Lipinski definition) is 1. The van der Waals surface area contributed by atoms with Gasteiger partial charge in [-0.1, -0.05) is 51.2 Å². The Morgan fingerprint density at radius 3 is 2.53 bits per heavy atom. The minimum absolute atomic E-state index is 0.774. The lowest BCUT2D eigenvalue weighted by molar-refractivity contribution is 0.139. The lowest BCUT2D eigenvalue weighted by Gasteiger charge is -2.08. The summed E-state index contributed by atoms with van der Waals surface area (Å²) in [6.07, 6.45) is 7.91. The van der Waals surface area contributed by atoms with Gasteiger partial charge in [-0.05, 0) is 34.5 Å². The molecular weight excluding hydrogens is 302 g/mol. The van der Waals surface area contributed by atoms with Crippen LogP contribution in [-0.4, -0.2) is 19.8 Å². The van der Waals surface area contributed by atoms with Crippen molar-refractivity contribution in [2.24, 2.45) is 0 Å². The molecule has 0 aromatic heterocycles. The fourth-order valence-electron chi connectivity index (χ4n) is 1.95. The third-order valence-electron chi connectivity index (χ3n) is 3.08. The first kappa shape index (κ1) is 16.5. The second-order valence-electron chi connectivity index (χ2n) is 4.79. The Morgan fingerprint density at radius 2 is 1.74 bits per heavy atom. The highest BCUT2D eigenvalue weighted by molar-refractivity contribution is 9.10. The number of unbranched alkanes of at least 4 members (excludes halogenated alkanes) is 5. The number of hydrogen-bond acceptors (Lipinski definition) is 2. The highest BCUT2D eigenvalue weighted by Crippen LogP contribution is 2.20. The standard InChI is InChI=1S/C16H26BrNO/c1-2-3-4-5-6-9-13-19-14-12-18-16-11-8-7-10-15(16)17/h7-8,10-11,18H,2-6,9,12-14H2,1H3. The van der Waals surface area contributed by atoms with Crippen LogP contribution in [0.2, 0.25) is 0 Å². The first-order valence-electron chi connectivity index (χ1n) is 7.40. The van der Waals surface area contributed by atoms with E-state index in [9.17, 15) is 0 Å². The maximum Gasteiger partial charge on any atom is 0.0639 e. The molecule has 1 rings (SSSR count). The van der Waals surface area contributed by atoms with E-state index in [0.29, 0.717) is 0 Å². The topological polar surface area (TPSA) is 21.3 Å². The summed E-state index contributed by atoms with van der Waals surface area (Å²) in [5.41, 5.74) is 1.13. The van der Waals surface area contributed by atoms with Crippen molar-refractivity contribution in [3.63, 3.8) is 0 Å². The summed E-state index contributed by atoms with van der Waals surface area (Å²) in [5.74, 6) is 0. The van der Waals surface area contributed by atoms with Crippen LogP contribution in [0.25, 0.3) is 0 Å². The fourth-order valence-corrected chi connectivity index (χ4v) is 2.37. The molecule has 0 unspecified atom stereocenters. The molecule has 19 heavy (non-hydrogen) atoms. The van der Waals surface area contributed by atoms with Gasteiger partial charge in [0.2, 0.25) is 0 Å². The van der Waals surface area contributed by atoms with Crippen molar-refractivity contribution in [3.8, 4) is 0 Å². The quantitative estimate of drug-likeness (QED) is 0.561. The van der Waals surface area contributed by atoms with E-state index in [0.717, 1.165) is 29.9 Å². The molecule has 1 aromatic rings. The summed E-state index contributed by atoms with van der Waals surface area (Å²) < 4.78 is 6.73. The number of para-hydroxylation sites is 1. The van der Waals surface area contributed by atoms with Crippen LogP contribution in [0.15, 0.2) is 28.7 Å². The van der Waals surface area contributed by atoms with Crippen molar-refractivity contribution in [2.75, 3.05) is 25.1 Å². The van der Waals surface area contributed by atoms with E-state index in [-0.39, 0.29) is 0 Å². The fraction of sp³-hybridized carbons (Fsp3) is 0.625. The maximum absolute atomic E-state index is 5.62. The van der Waals surface area contributed by atoms with Gasteiger partial charge < -0.3 is 10.1 Å². The average Bonchev–Trinajstić information content (AvgIpc) is 2.43. The molecule has 0 aliphatic heterocycles. The molecule has 0 bridgehead atoms. The number of ether oxygens (including phenoxy) is 1. The van der Waals surface area contributed by atoms with Crippen molar-refractivity contribution in [1.29, 1.82) is 0 Å². The van der Waals surface area contributed by atoms with Crippen molar-refractivity contribution in [2.45, 2.75) is 45.4 Å². The molecule has 108 valence electrons. The van der Waals surface area contributed by atoms with E-state index in [1.165, 1.54) is 38.5 Å². The van der Waals surface area contributed by atoms with Crippen LogP contribution >= 0.6 is 15.9 Å². The van der Waals surface area contributed by atoms with Gasteiger partial charge in [-0.15, -0.1) is 0 Å². The van der Waals surface area contributed by atoms with Gasteiger partial charge >= 0.3 is 0 Å². The summed E-state index contributed by atoms with van der Waals surface area (Å²) in [6, 6.07) is 8.16. The lowest BCUT2D eigenvalue weighted by Crippen LogP contribution is -2.10. The maximum atomic E-state index is 5.62. The van der Waals surface area contributed by atoms with Gasteiger partial charge in [0.05, 0.1) is 6.61 Å². The molecule has 0 saturated carbocycles. The molecule has 0 atom stereocenters. The third-order valence-corrected chi connectivity index (χ3v) is 3.77. The summed E-state index contributed by atoms with van der Waals surface area (Å²) in [7, 11) is 0. The van der Waals surface area contributed by atoms with Crippen molar-refractivity contribution < 1.29 is 4.74 Å².